The Hall–Kier alpha value is -5.67. The Kier molecular flexibility index (Phi) is 14.5. The van der Waals surface area contributed by atoms with Crippen molar-refractivity contribution in [3.63, 3.8) is 0 Å². The van der Waals surface area contributed by atoms with Crippen LogP contribution in [0.1, 0.15) is 0 Å². The van der Waals surface area contributed by atoms with E-state index in [0.29, 0.717) is 15.1 Å². The number of anilines is 3. The minimum absolute atomic E-state index is 0.432. The Labute approximate surface area is 437 Å². The van der Waals surface area contributed by atoms with Crippen molar-refractivity contribution in [2.24, 2.45) is 0 Å². The summed E-state index contributed by atoms with van der Waals surface area (Å²) in [6, 6.07) is 71.9. The van der Waals surface area contributed by atoms with Gasteiger partial charge in [0.05, 0.1) is 0 Å². The van der Waals surface area contributed by atoms with Gasteiger partial charge in [0, 0.05) is 0 Å². The predicted molar refractivity (Wildman–Crippen MR) is 313 cm³/mol. The van der Waals surface area contributed by atoms with Gasteiger partial charge in [-0.15, -0.1) is 0 Å². The molecule has 0 atom stereocenters. The van der Waals surface area contributed by atoms with Gasteiger partial charge in [-0.2, -0.15) is 0 Å². The van der Waals surface area contributed by atoms with Crippen molar-refractivity contribution in [1.29, 1.82) is 0 Å². The maximum atomic E-state index is 16.1. The summed E-state index contributed by atoms with van der Waals surface area (Å²) < 4.78 is 48.3. The third kappa shape index (κ3) is 7.93. The van der Waals surface area contributed by atoms with Crippen molar-refractivity contribution in [3.05, 3.63) is 251 Å². The Bertz CT molecular complexity index is 2960. The second-order valence-corrected chi connectivity index (χ2v) is 38.3. The van der Waals surface area contributed by atoms with Gasteiger partial charge in [0.25, 0.3) is 0 Å². The van der Waals surface area contributed by atoms with Crippen LogP contribution in [0.25, 0.3) is 0 Å². The van der Waals surface area contributed by atoms with Gasteiger partial charge in [-0.3, -0.25) is 0 Å². The molecule has 0 bridgehead atoms. The van der Waals surface area contributed by atoms with Crippen LogP contribution in [0.15, 0.2) is 218 Å². The van der Waals surface area contributed by atoms with Crippen LogP contribution in [-0.4, -0.2) is 42.3 Å². The fourth-order valence-electron chi connectivity index (χ4n) is 11.0. The molecule has 72 heavy (non-hydrogen) atoms. The molecular weight excluding hydrogens is 1020 g/mol. The first-order valence-corrected chi connectivity index (χ1v) is 31.7. The summed E-state index contributed by atoms with van der Waals surface area (Å²) in [5.74, 6) is -6.50. The van der Waals surface area contributed by atoms with Gasteiger partial charge in [0.15, 0.2) is 0 Å². The number of rotatable bonds is 14. The summed E-state index contributed by atoms with van der Waals surface area (Å²) >= 11 is 21.4. The van der Waals surface area contributed by atoms with Gasteiger partial charge in [0.1, 0.15) is 0 Å². The zero-order valence-electron chi connectivity index (χ0n) is 40.7. The van der Waals surface area contributed by atoms with Crippen LogP contribution in [0.4, 0.5) is 30.2 Å². The third-order valence-electron chi connectivity index (χ3n) is 13.9. The first kappa shape index (κ1) is 51.2. The standard InChI is InChI=1S/C60H54Cl3F3N3P3/c1-67(2)49-19-31-55(32-20-49)71(56-33-21-50(22-34-56)68(3)4,57-35-23-51(24-36-57)69(5)6)72(58-37-7-43(61)8-38-58,59-39-9-44(62)10-40-59,60-41-11-45(63)12-42-60)70(52-25-13-46(64)14-26-52,53-27-15-47(65)16-28-53)54-29-17-48(66)18-30-54/h7-42H,1-6H3/q+2. The van der Waals surface area contributed by atoms with Gasteiger partial charge in [-0.05, 0) is 0 Å². The molecule has 0 heterocycles. The zero-order chi connectivity index (χ0) is 51.0. The van der Waals surface area contributed by atoms with Crippen molar-refractivity contribution >= 4 is 119 Å². The van der Waals surface area contributed by atoms with Crippen LogP contribution in [-0.2, 0) is 0 Å². The topological polar surface area (TPSA) is 9.72 Å². The monoisotopic (exact) mass is 1070 g/mol. The van der Waals surface area contributed by atoms with Crippen LogP contribution < -0.4 is 62.4 Å². The van der Waals surface area contributed by atoms with E-state index in [9.17, 15) is 0 Å². The van der Waals surface area contributed by atoms with Crippen LogP contribution in [0.3, 0.4) is 0 Å². The van der Waals surface area contributed by atoms with Crippen molar-refractivity contribution in [1.82, 2.24) is 0 Å². The summed E-state index contributed by atoms with van der Waals surface area (Å²) in [6.07, 6.45) is 0. The Morgan fingerprint density at radius 3 is 0.639 bits per heavy atom. The molecule has 9 aromatic carbocycles. The molecule has 9 aromatic rings. The third-order valence-corrected chi connectivity index (χ3v) is 47.3. The molecule has 0 radical (unpaired) electrons. The molecule has 0 saturated carbocycles. The van der Waals surface area contributed by atoms with Crippen LogP contribution in [0.2, 0.25) is 15.1 Å². The SMILES string of the molecule is CN(C)c1ccc([P+](c2ccc(N(C)C)cc2)(c2ccc(N(C)C)cc2)P(c2ccc(Cl)cc2)(c2ccc(Cl)cc2)(c2ccc(Cl)cc2)[P+](c2ccc(F)cc2)(c2ccc(F)cc2)c2ccc(F)cc2)cc1. The van der Waals surface area contributed by atoms with Gasteiger partial charge < -0.3 is 0 Å². The number of benzene rings is 9. The van der Waals surface area contributed by atoms with Crippen molar-refractivity contribution in [2.75, 3.05) is 57.0 Å². The van der Waals surface area contributed by atoms with E-state index in [0.717, 1.165) is 64.8 Å². The first-order chi connectivity index (χ1) is 34.6. The number of halogens is 6. The van der Waals surface area contributed by atoms with E-state index in [2.05, 4.69) is 124 Å². The number of hydrogen-bond donors (Lipinski definition) is 0. The van der Waals surface area contributed by atoms with Gasteiger partial charge in [0.2, 0.25) is 0 Å². The maximum absolute atomic E-state index is 16.1. The quantitative estimate of drug-likeness (QED) is 0.101. The zero-order valence-corrected chi connectivity index (χ0v) is 45.7. The van der Waals surface area contributed by atoms with E-state index in [4.69, 9.17) is 34.8 Å². The molecule has 364 valence electrons. The van der Waals surface area contributed by atoms with E-state index in [-0.39, 0.29) is 0 Å². The Morgan fingerprint density at radius 1 is 0.278 bits per heavy atom. The second-order valence-electron chi connectivity index (χ2n) is 18.4. The molecule has 3 nitrogen and oxygen atoms in total. The van der Waals surface area contributed by atoms with E-state index in [1.807, 2.05) is 115 Å². The average molecular weight is 1070 g/mol. The van der Waals surface area contributed by atoms with E-state index < -0.39 is 37.3 Å². The normalized spacial score (nSPS) is 12.5. The summed E-state index contributed by atoms with van der Waals surface area (Å²) in [6.45, 7) is -7.61. The molecular formula is C60H54Cl3F3N3P3+2. The molecule has 0 N–H and O–H groups in total. The van der Waals surface area contributed by atoms with Gasteiger partial charge in [-0.25, -0.2) is 0 Å². The fraction of sp³-hybridized carbons (Fsp3) is 0.100. The molecule has 0 fully saturated rings. The van der Waals surface area contributed by atoms with Crippen molar-refractivity contribution in [3.8, 4) is 0 Å². The Morgan fingerprint density at radius 2 is 0.458 bits per heavy atom. The molecule has 0 amide bonds. The van der Waals surface area contributed by atoms with Crippen molar-refractivity contribution in [2.45, 2.75) is 0 Å². The molecule has 9 rings (SSSR count). The molecule has 0 spiro atoms. The predicted octanol–water partition coefficient (Wildman–Crippen LogP) is 12.9. The summed E-state index contributed by atoms with van der Waals surface area (Å²) in [7, 11) is 12.2. The summed E-state index contributed by atoms with van der Waals surface area (Å²) in [4.78, 5) is 6.27. The molecule has 12 heteroatoms. The second kappa shape index (κ2) is 20.3. The van der Waals surface area contributed by atoms with E-state index >= 15 is 13.2 Å². The molecule has 0 aliphatic carbocycles. The van der Waals surface area contributed by atoms with Gasteiger partial charge >= 0.3 is 441 Å². The number of nitrogens with zero attached hydrogens (tertiary/aromatic N) is 3. The number of hydrogen-bond acceptors (Lipinski definition) is 3. The summed E-state index contributed by atoms with van der Waals surface area (Å²) in [5.41, 5.74) is 2.97. The van der Waals surface area contributed by atoms with Crippen molar-refractivity contribution < 1.29 is 13.2 Å². The van der Waals surface area contributed by atoms with E-state index in [1.165, 1.54) is 36.4 Å². The fourth-order valence-corrected chi connectivity index (χ4v) is 54.4. The molecule has 0 aromatic heterocycles. The van der Waals surface area contributed by atoms with Crippen LogP contribution in [0, 0.1) is 17.5 Å². The molecule has 0 saturated heterocycles. The van der Waals surface area contributed by atoms with Gasteiger partial charge in [-0.1, -0.05) is 0 Å². The molecule has 0 aliphatic rings. The van der Waals surface area contributed by atoms with E-state index in [1.54, 1.807) is 0 Å². The first-order valence-electron chi connectivity index (χ1n) is 23.3. The van der Waals surface area contributed by atoms with Crippen LogP contribution in [0.5, 0.6) is 0 Å². The average Bonchev–Trinajstić information content (AvgIpc) is 3.38. The Balaban J connectivity index is 1.81. The summed E-state index contributed by atoms with van der Waals surface area (Å²) in [5, 5.41) is 9.76. The molecule has 0 aliphatic heterocycles. The van der Waals surface area contributed by atoms with Crippen LogP contribution >= 0.6 is 54.7 Å². The minimum atomic E-state index is -5.21. The molecule has 0 unspecified atom stereocenters.